The summed E-state index contributed by atoms with van der Waals surface area (Å²) in [5.41, 5.74) is 3.17. The topological polar surface area (TPSA) is 55.8 Å². The number of hydrogen-bond acceptors (Lipinski definition) is 3. The molecule has 180 valence electrons. The fraction of sp³-hybridized carbons (Fsp3) is 0.536. The van der Waals surface area contributed by atoms with Crippen LogP contribution in [0.25, 0.3) is 0 Å². The van der Waals surface area contributed by atoms with Crippen LogP contribution in [0.1, 0.15) is 94.6 Å². The second-order valence-corrected chi connectivity index (χ2v) is 12.6. The van der Waals surface area contributed by atoms with Gasteiger partial charge in [-0.25, -0.2) is 0 Å². The molecule has 0 amide bonds. The van der Waals surface area contributed by atoms with Crippen molar-refractivity contribution in [3.05, 3.63) is 47.0 Å². The Morgan fingerprint density at radius 3 is 2.39 bits per heavy atom. The van der Waals surface area contributed by atoms with E-state index in [1.165, 1.54) is 34.9 Å². The van der Waals surface area contributed by atoms with E-state index in [1.807, 2.05) is 6.07 Å². The van der Waals surface area contributed by atoms with Gasteiger partial charge in [-0.05, 0) is 0 Å². The summed E-state index contributed by atoms with van der Waals surface area (Å²) < 4.78 is 14.3. The second kappa shape index (κ2) is 10.5. The van der Waals surface area contributed by atoms with Crippen molar-refractivity contribution in [1.82, 2.24) is 0 Å². The minimum absolute atomic E-state index is 0.0323. The van der Waals surface area contributed by atoms with Crippen LogP contribution in [0.5, 0.6) is 11.5 Å². The molecular formula is C28H38O4Se. The van der Waals surface area contributed by atoms with Gasteiger partial charge in [0.15, 0.2) is 0 Å². The molecule has 0 bridgehead atoms. The third-order valence-electron chi connectivity index (χ3n) is 6.75. The number of ether oxygens (including phenoxy) is 2. The van der Waals surface area contributed by atoms with Crippen LogP contribution in [0.3, 0.4) is 0 Å². The van der Waals surface area contributed by atoms with Gasteiger partial charge in [0, 0.05) is 0 Å². The van der Waals surface area contributed by atoms with Crippen LogP contribution in [0.2, 0.25) is 0 Å². The number of benzene rings is 2. The van der Waals surface area contributed by atoms with E-state index in [1.54, 1.807) is 19.2 Å². The predicted octanol–water partition coefficient (Wildman–Crippen LogP) is 5.36. The molecule has 4 nitrogen and oxygen atoms in total. The molecule has 0 aliphatic heterocycles. The number of carboxylic acids is 1. The summed E-state index contributed by atoms with van der Waals surface area (Å²) >= 11 is -0.0323. The summed E-state index contributed by atoms with van der Waals surface area (Å²) in [6.07, 6.45) is 7.03. The first-order valence-corrected chi connectivity index (χ1v) is 13.7. The van der Waals surface area contributed by atoms with Crippen molar-refractivity contribution in [2.75, 3.05) is 13.7 Å². The molecule has 1 aliphatic rings. The van der Waals surface area contributed by atoms with E-state index in [9.17, 15) is 9.90 Å². The SMILES string of the molecule is CCCCCCOc1cc([Se]c2ccc(C(=O)O)cc2OC)cc2c1C(C)(C)CCC2(C)C. The van der Waals surface area contributed by atoms with Crippen LogP contribution in [-0.4, -0.2) is 39.7 Å². The van der Waals surface area contributed by atoms with Gasteiger partial charge in [0.1, 0.15) is 0 Å². The third-order valence-corrected chi connectivity index (χ3v) is 8.91. The summed E-state index contributed by atoms with van der Waals surface area (Å²) in [7, 11) is 1.60. The second-order valence-electron chi connectivity index (χ2n) is 10.3. The van der Waals surface area contributed by atoms with Crippen LogP contribution in [-0.2, 0) is 10.8 Å². The summed E-state index contributed by atoms with van der Waals surface area (Å²) in [4.78, 5) is 11.4. The van der Waals surface area contributed by atoms with Gasteiger partial charge in [0.05, 0.1) is 0 Å². The number of rotatable bonds is 10. The van der Waals surface area contributed by atoms with Crippen molar-refractivity contribution >= 4 is 29.8 Å². The summed E-state index contributed by atoms with van der Waals surface area (Å²) in [5, 5.41) is 9.33. The molecule has 0 aromatic heterocycles. The Balaban J connectivity index is 2.01. The van der Waals surface area contributed by atoms with Crippen LogP contribution in [0.15, 0.2) is 30.3 Å². The van der Waals surface area contributed by atoms with Gasteiger partial charge in [-0.2, -0.15) is 0 Å². The summed E-state index contributed by atoms with van der Waals surface area (Å²) in [6, 6.07) is 9.77. The Morgan fingerprint density at radius 2 is 1.73 bits per heavy atom. The summed E-state index contributed by atoms with van der Waals surface area (Å²) in [6.45, 7) is 12.3. The van der Waals surface area contributed by atoms with Crippen molar-refractivity contribution < 1.29 is 19.4 Å². The molecule has 2 aromatic carbocycles. The zero-order valence-electron chi connectivity index (χ0n) is 20.9. The van der Waals surface area contributed by atoms with Gasteiger partial charge in [-0.1, -0.05) is 0 Å². The normalized spacial score (nSPS) is 16.2. The quantitative estimate of drug-likeness (QED) is 0.341. The monoisotopic (exact) mass is 518 g/mol. The van der Waals surface area contributed by atoms with Crippen molar-refractivity contribution in [2.45, 2.75) is 84.0 Å². The van der Waals surface area contributed by atoms with Gasteiger partial charge in [0.2, 0.25) is 0 Å². The Morgan fingerprint density at radius 1 is 1.00 bits per heavy atom. The Labute approximate surface area is 205 Å². The van der Waals surface area contributed by atoms with E-state index in [-0.39, 0.29) is 31.4 Å². The number of fused-ring (bicyclic) bond motifs is 1. The van der Waals surface area contributed by atoms with Crippen LogP contribution < -0.4 is 18.4 Å². The zero-order valence-corrected chi connectivity index (χ0v) is 22.6. The van der Waals surface area contributed by atoms with E-state index < -0.39 is 5.97 Å². The van der Waals surface area contributed by atoms with Crippen LogP contribution in [0.4, 0.5) is 0 Å². The average Bonchev–Trinajstić information content (AvgIpc) is 2.76. The number of methoxy groups -OCH3 is 1. The van der Waals surface area contributed by atoms with Gasteiger partial charge in [-0.3, -0.25) is 0 Å². The van der Waals surface area contributed by atoms with Crippen molar-refractivity contribution in [2.24, 2.45) is 0 Å². The molecule has 0 radical (unpaired) electrons. The van der Waals surface area contributed by atoms with E-state index in [2.05, 4.69) is 46.8 Å². The molecule has 5 heteroatoms. The molecule has 1 N–H and O–H groups in total. The number of hydrogen-bond donors (Lipinski definition) is 1. The maximum atomic E-state index is 11.4. The standard InChI is InChI=1S/C28H38O4Se/c1-7-8-9-10-15-32-23-18-20(17-21-25(23)28(4,5)14-13-27(21,2)3)33-24-12-11-19(26(29)30)16-22(24)31-6/h11-12,16-18H,7-10,13-15H2,1-6H3,(H,29,30). The number of aromatic carboxylic acids is 1. The van der Waals surface area contributed by atoms with E-state index in [0.717, 1.165) is 36.1 Å². The average molecular weight is 518 g/mol. The Kier molecular flexibility index (Phi) is 8.18. The first-order valence-electron chi connectivity index (χ1n) is 12.0. The predicted molar refractivity (Wildman–Crippen MR) is 136 cm³/mol. The number of unbranched alkanes of at least 4 members (excludes halogenated alkanes) is 3. The van der Waals surface area contributed by atoms with Gasteiger partial charge in [-0.15, -0.1) is 0 Å². The molecule has 3 rings (SSSR count). The molecule has 0 saturated heterocycles. The van der Waals surface area contributed by atoms with Gasteiger partial charge >= 0.3 is 205 Å². The van der Waals surface area contributed by atoms with Crippen molar-refractivity contribution in [3.63, 3.8) is 0 Å². The molecule has 1 aliphatic carbocycles. The van der Waals surface area contributed by atoms with Crippen LogP contribution in [0, 0.1) is 0 Å². The molecule has 0 atom stereocenters. The molecule has 0 unspecified atom stereocenters. The van der Waals surface area contributed by atoms with E-state index >= 15 is 0 Å². The molecular weight excluding hydrogens is 479 g/mol. The minimum atomic E-state index is -0.941. The van der Waals surface area contributed by atoms with Crippen molar-refractivity contribution in [3.8, 4) is 11.5 Å². The third kappa shape index (κ3) is 5.94. The Hall–Kier alpha value is -1.97. The molecule has 0 saturated carbocycles. The first-order chi connectivity index (χ1) is 15.6. The zero-order chi connectivity index (χ0) is 24.2. The summed E-state index contributed by atoms with van der Waals surface area (Å²) in [5.74, 6) is 0.720. The molecule has 2 aromatic rings. The Bertz CT molecular complexity index is 994. The molecule has 0 spiro atoms. The van der Waals surface area contributed by atoms with E-state index in [0.29, 0.717) is 5.75 Å². The van der Waals surface area contributed by atoms with Gasteiger partial charge < -0.3 is 0 Å². The fourth-order valence-electron chi connectivity index (χ4n) is 4.60. The number of carbonyl (C=O) groups is 1. The fourth-order valence-corrected chi connectivity index (χ4v) is 6.65. The molecule has 33 heavy (non-hydrogen) atoms. The van der Waals surface area contributed by atoms with Gasteiger partial charge in [0.25, 0.3) is 0 Å². The van der Waals surface area contributed by atoms with Crippen molar-refractivity contribution in [1.29, 1.82) is 0 Å². The van der Waals surface area contributed by atoms with E-state index in [4.69, 9.17) is 9.47 Å². The molecule has 0 fully saturated rings. The number of carboxylic acid groups (broad SMARTS) is 1. The molecule has 0 heterocycles. The maximum absolute atomic E-state index is 11.4. The van der Waals surface area contributed by atoms with Crippen LogP contribution >= 0.6 is 0 Å². The first kappa shape index (κ1) is 25.6.